The van der Waals surface area contributed by atoms with Gasteiger partial charge in [-0.15, -0.1) is 5.10 Å². The predicted molar refractivity (Wildman–Crippen MR) is 104 cm³/mol. The van der Waals surface area contributed by atoms with Crippen LogP contribution in [0.15, 0.2) is 65.5 Å². The lowest BCUT2D eigenvalue weighted by atomic mass is 10.2. The van der Waals surface area contributed by atoms with E-state index in [1.165, 1.54) is 0 Å². The molecular weight excluding hydrogens is 416 g/mol. The molecule has 0 atom stereocenters. The van der Waals surface area contributed by atoms with Crippen molar-refractivity contribution >= 4 is 44.2 Å². The number of benzene rings is 2. The summed E-state index contributed by atoms with van der Waals surface area (Å²) in [6.07, 6.45) is 3.39. The minimum Gasteiger partial charge on any atom is -0.216 e. The van der Waals surface area contributed by atoms with Gasteiger partial charge in [0, 0.05) is 10.0 Å². The number of nitrogens with zero attached hydrogens (tertiary/aromatic N) is 6. The molecule has 0 aliphatic rings. The third-order valence-corrected chi connectivity index (χ3v) is 5.10. The summed E-state index contributed by atoms with van der Waals surface area (Å²) >= 11 is 9.84. The predicted octanol–water partition coefficient (Wildman–Crippen LogP) is 4.55. The Balaban J connectivity index is 1.75. The van der Waals surface area contributed by atoms with Crippen LogP contribution in [0.4, 0.5) is 0 Å². The second-order valence-electron chi connectivity index (χ2n) is 5.67. The van der Waals surface area contributed by atoms with Gasteiger partial charge in [-0.25, -0.2) is 19.2 Å². The Morgan fingerprint density at radius 3 is 2.62 bits per heavy atom. The van der Waals surface area contributed by atoms with Gasteiger partial charge in [-0.2, -0.15) is 5.10 Å². The summed E-state index contributed by atoms with van der Waals surface area (Å²) in [7, 11) is 0. The molecule has 0 aliphatic carbocycles. The van der Waals surface area contributed by atoms with Crippen molar-refractivity contribution in [3.05, 3.63) is 70.6 Å². The Labute approximate surface area is 161 Å². The van der Waals surface area contributed by atoms with E-state index in [0.717, 1.165) is 21.1 Å². The highest BCUT2D eigenvalue weighted by molar-refractivity contribution is 9.10. The third kappa shape index (κ3) is 2.32. The number of halogens is 2. The summed E-state index contributed by atoms with van der Waals surface area (Å²) in [6, 6.07) is 15.4. The normalized spacial score (nSPS) is 11.5. The van der Waals surface area contributed by atoms with Gasteiger partial charge in [0.05, 0.1) is 22.3 Å². The average Bonchev–Trinajstić information content (AvgIpc) is 3.26. The van der Waals surface area contributed by atoms with Gasteiger partial charge in [0.1, 0.15) is 6.33 Å². The van der Waals surface area contributed by atoms with Crippen LogP contribution in [0.1, 0.15) is 0 Å². The number of rotatable bonds is 2. The molecule has 5 rings (SSSR count). The number of fused-ring (bicyclic) bond motifs is 3. The second kappa shape index (κ2) is 5.89. The van der Waals surface area contributed by atoms with Crippen molar-refractivity contribution in [2.45, 2.75) is 0 Å². The zero-order valence-electron chi connectivity index (χ0n) is 13.2. The van der Waals surface area contributed by atoms with E-state index >= 15 is 0 Å². The fourth-order valence-corrected chi connectivity index (χ4v) is 3.55. The molecule has 3 heterocycles. The van der Waals surface area contributed by atoms with E-state index in [1.807, 2.05) is 48.5 Å². The molecule has 6 nitrogen and oxygen atoms in total. The van der Waals surface area contributed by atoms with E-state index < -0.39 is 0 Å². The monoisotopic (exact) mass is 424 g/mol. The molecule has 2 aromatic carbocycles. The number of hydrogen-bond donors (Lipinski definition) is 0. The third-order valence-electron chi connectivity index (χ3n) is 4.10. The zero-order valence-corrected chi connectivity index (χ0v) is 15.6. The van der Waals surface area contributed by atoms with Crippen molar-refractivity contribution in [3.8, 4) is 17.1 Å². The fourth-order valence-electron chi connectivity index (χ4n) is 2.88. The minimum atomic E-state index is 0.554. The Hall–Kier alpha value is -2.77. The Kier molecular flexibility index (Phi) is 3.51. The first kappa shape index (κ1) is 15.5. The molecule has 0 N–H and O–H groups in total. The average molecular weight is 426 g/mol. The summed E-state index contributed by atoms with van der Waals surface area (Å²) in [5, 5.41) is 10.4. The van der Waals surface area contributed by atoms with Crippen LogP contribution in [-0.2, 0) is 0 Å². The SMILES string of the molecule is Clc1ccccc1-c1nc2c3cnn(-c4ccccc4Br)c3ncn2n1. The molecule has 0 bridgehead atoms. The summed E-state index contributed by atoms with van der Waals surface area (Å²) in [6.45, 7) is 0. The number of aromatic nitrogens is 6. The molecule has 0 unspecified atom stereocenters. The van der Waals surface area contributed by atoms with Crippen LogP contribution in [0.3, 0.4) is 0 Å². The lowest BCUT2D eigenvalue weighted by molar-refractivity contribution is 0.879. The summed E-state index contributed by atoms with van der Waals surface area (Å²) < 4.78 is 4.36. The minimum absolute atomic E-state index is 0.554. The molecule has 0 amide bonds. The molecule has 0 aliphatic heterocycles. The van der Waals surface area contributed by atoms with Gasteiger partial charge >= 0.3 is 0 Å². The Bertz CT molecular complexity index is 1280. The smallest absolute Gasteiger partial charge is 0.183 e. The highest BCUT2D eigenvalue weighted by atomic mass is 79.9. The summed E-state index contributed by atoms with van der Waals surface area (Å²) in [4.78, 5) is 9.19. The van der Waals surface area contributed by atoms with Crippen LogP contribution in [0.5, 0.6) is 0 Å². The zero-order chi connectivity index (χ0) is 17.7. The molecule has 0 saturated carbocycles. The summed E-state index contributed by atoms with van der Waals surface area (Å²) in [5.41, 5.74) is 3.08. The topological polar surface area (TPSA) is 60.9 Å². The maximum atomic E-state index is 6.28. The number of hydrogen-bond acceptors (Lipinski definition) is 4. The van der Waals surface area contributed by atoms with E-state index in [-0.39, 0.29) is 0 Å². The van der Waals surface area contributed by atoms with E-state index in [1.54, 1.807) is 21.7 Å². The highest BCUT2D eigenvalue weighted by Crippen LogP contribution is 2.28. The van der Waals surface area contributed by atoms with Crippen LogP contribution in [-0.4, -0.2) is 29.4 Å². The lowest BCUT2D eigenvalue weighted by Gasteiger charge is -2.04. The van der Waals surface area contributed by atoms with Gasteiger partial charge in [0.25, 0.3) is 0 Å². The van der Waals surface area contributed by atoms with Crippen LogP contribution in [0.2, 0.25) is 5.02 Å². The van der Waals surface area contributed by atoms with E-state index in [0.29, 0.717) is 22.1 Å². The van der Waals surface area contributed by atoms with Crippen molar-refractivity contribution in [2.75, 3.05) is 0 Å². The Morgan fingerprint density at radius 1 is 0.962 bits per heavy atom. The van der Waals surface area contributed by atoms with Gasteiger partial charge in [0.2, 0.25) is 0 Å². The molecule has 5 aromatic rings. The van der Waals surface area contributed by atoms with Crippen molar-refractivity contribution in [1.29, 1.82) is 0 Å². The molecule has 0 fully saturated rings. The molecule has 8 heteroatoms. The summed E-state index contributed by atoms with van der Waals surface area (Å²) in [5.74, 6) is 0.554. The molecule has 0 radical (unpaired) electrons. The van der Waals surface area contributed by atoms with Gasteiger partial charge in [-0.05, 0) is 40.2 Å². The number of para-hydroxylation sites is 1. The highest BCUT2D eigenvalue weighted by Gasteiger charge is 2.16. The second-order valence-corrected chi connectivity index (χ2v) is 6.93. The van der Waals surface area contributed by atoms with Gasteiger partial charge in [-0.1, -0.05) is 35.9 Å². The maximum Gasteiger partial charge on any atom is 0.183 e. The van der Waals surface area contributed by atoms with E-state index in [4.69, 9.17) is 11.6 Å². The van der Waals surface area contributed by atoms with Crippen LogP contribution >= 0.6 is 27.5 Å². The van der Waals surface area contributed by atoms with Crippen molar-refractivity contribution in [3.63, 3.8) is 0 Å². The fraction of sp³-hybridized carbons (Fsp3) is 0. The first-order valence-corrected chi connectivity index (χ1v) is 8.98. The molecular formula is C18H10BrClN6. The van der Waals surface area contributed by atoms with E-state index in [9.17, 15) is 0 Å². The Morgan fingerprint density at radius 2 is 1.77 bits per heavy atom. The van der Waals surface area contributed by atoms with Crippen LogP contribution in [0, 0.1) is 0 Å². The standard InChI is InChI=1S/C18H10BrClN6/c19-13-6-2-4-8-15(13)26-17-12(9-22-26)18-23-16(24-25(18)10-21-17)11-5-1-3-7-14(11)20/h1-10H. The van der Waals surface area contributed by atoms with Crippen LogP contribution < -0.4 is 0 Å². The van der Waals surface area contributed by atoms with Crippen LogP contribution in [0.25, 0.3) is 33.8 Å². The first-order chi connectivity index (χ1) is 12.7. The molecule has 0 spiro atoms. The van der Waals surface area contributed by atoms with Crippen molar-refractivity contribution in [1.82, 2.24) is 29.4 Å². The quantitative estimate of drug-likeness (QED) is 0.416. The van der Waals surface area contributed by atoms with Crippen molar-refractivity contribution in [2.24, 2.45) is 0 Å². The first-order valence-electron chi connectivity index (χ1n) is 7.81. The maximum absolute atomic E-state index is 6.28. The van der Waals surface area contributed by atoms with Gasteiger partial charge in [-0.3, -0.25) is 0 Å². The van der Waals surface area contributed by atoms with Crippen molar-refractivity contribution < 1.29 is 0 Å². The lowest BCUT2D eigenvalue weighted by Crippen LogP contribution is -1.99. The van der Waals surface area contributed by atoms with Gasteiger partial charge in [0.15, 0.2) is 17.1 Å². The molecule has 0 saturated heterocycles. The molecule has 126 valence electrons. The molecule has 3 aromatic heterocycles. The van der Waals surface area contributed by atoms with Gasteiger partial charge < -0.3 is 0 Å². The van der Waals surface area contributed by atoms with E-state index in [2.05, 4.69) is 36.1 Å². The largest absolute Gasteiger partial charge is 0.216 e. The molecule has 26 heavy (non-hydrogen) atoms.